The third kappa shape index (κ3) is 9.63. The molecular formula is C105H76N4O2. The molecular weight excluding hydrogens is 1350 g/mol. The fraction of sp³-hybridized carbons (Fsp3) is 0.0857. The number of fused-ring (bicyclic) bond motifs is 21. The molecule has 6 heteroatoms. The number of aromatic nitrogens is 2. The highest BCUT2D eigenvalue weighted by atomic mass is 16.3. The van der Waals surface area contributed by atoms with Gasteiger partial charge in [0.15, 0.2) is 11.2 Å². The molecule has 6 nitrogen and oxygen atoms in total. The van der Waals surface area contributed by atoms with Crippen molar-refractivity contribution in [2.24, 2.45) is 0 Å². The quantitative estimate of drug-likeness (QED) is 0.144. The predicted octanol–water partition coefficient (Wildman–Crippen LogP) is 28.9. The Morgan fingerprint density at radius 1 is 0.225 bits per heavy atom. The van der Waals surface area contributed by atoms with Gasteiger partial charge in [-0.3, -0.25) is 0 Å². The molecule has 20 aromatic rings. The van der Waals surface area contributed by atoms with E-state index in [9.17, 15) is 0 Å². The molecule has 0 saturated carbocycles. The number of rotatable bonds is 9. The van der Waals surface area contributed by atoms with Crippen LogP contribution in [0.4, 0.5) is 34.1 Å². The van der Waals surface area contributed by atoms with Crippen LogP contribution in [0.1, 0.15) is 74.9 Å². The highest BCUT2D eigenvalue weighted by molar-refractivity contribution is 6.14. The molecule has 0 unspecified atom stereocenters. The van der Waals surface area contributed by atoms with E-state index in [2.05, 4.69) is 406 Å². The summed E-state index contributed by atoms with van der Waals surface area (Å²) in [7, 11) is 0. The zero-order valence-corrected chi connectivity index (χ0v) is 62.6. The van der Waals surface area contributed by atoms with E-state index in [1.807, 2.05) is 6.07 Å². The van der Waals surface area contributed by atoms with Gasteiger partial charge in [-0.05, 0) is 199 Å². The van der Waals surface area contributed by atoms with E-state index < -0.39 is 0 Å². The number of benzene rings is 16. The van der Waals surface area contributed by atoms with Crippen molar-refractivity contribution in [1.82, 2.24) is 9.13 Å². The van der Waals surface area contributed by atoms with Crippen LogP contribution in [0.25, 0.3) is 143 Å². The first-order valence-electron chi connectivity index (χ1n) is 38.7. The average Bonchev–Trinajstić information content (AvgIpc) is 1.57. The van der Waals surface area contributed by atoms with E-state index in [4.69, 9.17) is 8.83 Å². The minimum absolute atomic E-state index is 0.117. The van der Waals surface area contributed by atoms with Gasteiger partial charge in [-0.15, -0.1) is 0 Å². The highest BCUT2D eigenvalue weighted by Crippen LogP contribution is 2.56. The Morgan fingerprint density at radius 2 is 0.523 bits per heavy atom. The van der Waals surface area contributed by atoms with Crippen molar-refractivity contribution >= 4 is 122 Å². The molecule has 0 saturated heterocycles. The molecule has 528 valence electrons. The van der Waals surface area contributed by atoms with Gasteiger partial charge in [0.1, 0.15) is 11.2 Å². The van der Waals surface area contributed by atoms with Crippen molar-refractivity contribution < 1.29 is 8.83 Å². The zero-order chi connectivity index (χ0) is 74.2. The minimum Gasteiger partial charge on any atom is -0.454 e. The van der Waals surface area contributed by atoms with Crippen LogP contribution in [0.2, 0.25) is 0 Å². The number of hydrogen-bond donors (Lipinski definition) is 0. The monoisotopic (exact) mass is 1420 g/mol. The molecule has 3 aliphatic rings. The minimum atomic E-state index is -0.242. The highest BCUT2D eigenvalue weighted by Gasteiger charge is 2.40. The predicted molar refractivity (Wildman–Crippen MR) is 464 cm³/mol. The van der Waals surface area contributed by atoms with Crippen molar-refractivity contribution in [3.05, 3.63) is 385 Å². The lowest BCUT2D eigenvalue weighted by molar-refractivity contribution is 0.659. The first-order chi connectivity index (χ1) is 54.3. The fourth-order valence-corrected chi connectivity index (χ4v) is 19.3. The summed E-state index contributed by atoms with van der Waals surface area (Å²) in [4.78, 5) is 4.78. The standard InChI is InChI=1S/C54H40N2O.C51H36N2O/c1-53(2)44-19-9-5-14-36(44)37-27-24-33(30-45(37)53)55(50-22-13-18-43-42-17-8-12-23-51(42)57-52(43)50)34-25-28-38-39-29-26-35(32-47(39)54(3,4)46(38)31-34)56-48-20-10-6-15-40(48)41-16-7-11-21-49(41)56;1-51(2)44-17-7-3-12-38(44)39-31-30-37(32-45(39)51)52(48-20-11-16-43-42-15-6-10-21-49(42)54-50(43)48)35-26-22-33(23-27-35)34-24-28-36(29-25-34)53-46-18-8-4-13-40(46)41-14-5-9-19-47(41)53/h5-32H,1-4H3;3-32H,1-2H3. The summed E-state index contributed by atoms with van der Waals surface area (Å²) in [6.07, 6.45) is 0. The van der Waals surface area contributed by atoms with Crippen LogP contribution < -0.4 is 9.80 Å². The van der Waals surface area contributed by atoms with E-state index in [1.165, 1.54) is 127 Å². The largest absolute Gasteiger partial charge is 0.454 e. The number of anilines is 6. The fourth-order valence-electron chi connectivity index (χ4n) is 19.3. The summed E-state index contributed by atoms with van der Waals surface area (Å²) in [6, 6.07) is 128. The average molecular weight is 1430 g/mol. The van der Waals surface area contributed by atoms with Crippen molar-refractivity contribution in [2.75, 3.05) is 9.80 Å². The summed E-state index contributed by atoms with van der Waals surface area (Å²) in [5.41, 5.74) is 35.0. The Bertz CT molecular complexity index is 7150. The van der Waals surface area contributed by atoms with E-state index >= 15 is 0 Å². The van der Waals surface area contributed by atoms with Gasteiger partial charge >= 0.3 is 0 Å². The molecule has 0 N–H and O–H groups in total. The smallest absolute Gasteiger partial charge is 0.159 e. The van der Waals surface area contributed by atoms with Gasteiger partial charge in [-0.2, -0.15) is 0 Å². The second kappa shape index (κ2) is 24.2. The molecule has 0 atom stereocenters. The van der Waals surface area contributed by atoms with Gasteiger partial charge in [0.2, 0.25) is 0 Å². The summed E-state index contributed by atoms with van der Waals surface area (Å²) < 4.78 is 18.2. The maximum Gasteiger partial charge on any atom is 0.159 e. The summed E-state index contributed by atoms with van der Waals surface area (Å²) >= 11 is 0. The summed E-state index contributed by atoms with van der Waals surface area (Å²) in [5.74, 6) is 0. The molecule has 16 aromatic carbocycles. The number of furan rings is 2. The van der Waals surface area contributed by atoms with E-state index in [1.54, 1.807) is 0 Å². The van der Waals surface area contributed by atoms with Crippen LogP contribution in [0.3, 0.4) is 0 Å². The van der Waals surface area contributed by atoms with Crippen molar-refractivity contribution in [3.8, 4) is 55.9 Å². The lowest BCUT2D eigenvalue weighted by Crippen LogP contribution is -2.18. The molecule has 111 heavy (non-hydrogen) atoms. The van der Waals surface area contributed by atoms with Crippen LogP contribution in [0, 0.1) is 0 Å². The molecule has 0 spiro atoms. The van der Waals surface area contributed by atoms with Crippen molar-refractivity contribution in [2.45, 2.75) is 57.8 Å². The van der Waals surface area contributed by atoms with Gasteiger partial charge in [0.05, 0.1) is 33.4 Å². The van der Waals surface area contributed by atoms with Crippen LogP contribution in [0.15, 0.2) is 361 Å². The van der Waals surface area contributed by atoms with Crippen LogP contribution in [-0.4, -0.2) is 9.13 Å². The van der Waals surface area contributed by atoms with E-state index in [-0.39, 0.29) is 16.2 Å². The summed E-state index contributed by atoms with van der Waals surface area (Å²) in [5, 5.41) is 9.58. The van der Waals surface area contributed by atoms with Crippen LogP contribution >= 0.6 is 0 Å². The molecule has 0 aliphatic heterocycles. The van der Waals surface area contributed by atoms with Crippen LogP contribution in [0.5, 0.6) is 0 Å². The maximum absolute atomic E-state index is 6.74. The third-order valence-corrected chi connectivity index (χ3v) is 24.8. The lowest BCUT2D eigenvalue weighted by Gasteiger charge is -2.29. The number of hydrogen-bond acceptors (Lipinski definition) is 4. The Morgan fingerprint density at radius 3 is 0.955 bits per heavy atom. The maximum atomic E-state index is 6.74. The number of nitrogens with zero attached hydrogens (tertiary/aromatic N) is 4. The van der Waals surface area contributed by atoms with E-state index in [0.717, 1.165) is 83.7 Å². The topological polar surface area (TPSA) is 42.6 Å². The molecule has 3 aliphatic carbocycles. The van der Waals surface area contributed by atoms with Gasteiger partial charge in [0.25, 0.3) is 0 Å². The SMILES string of the molecule is CC1(C)c2ccccc2-c2ccc(N(c3ccc(-c4ccc(-n5c6ccccc6c6ccccc65)cc4)cc3)c3cccc4c3oc3ccccc34)cc21.CC1(C)c2ccccc2-c2ccc(N(c3ccc4c(c3)C(C)(C)c3cc(-n5c6ccccc6c6ccccc65)ccc3-4)c3cccc4c3oc3ccccc34)cc21. The molecule has 0 fully saturated rings. The van der Waals surface area contributed by atoms with Crippen molar-refractivity contribution in [3.63, 3.8) is 0 Å². The Balaban J connectivity index is 0.000000137. The lowest BCUT2D eigenvalue weighted by atomic mass is 9.82. The Kier molecular flexibility index (Phi) is 14.0. The second-order valence-corrected chi connectivity index (χ2v) is 31.9. The Hall–Kier alpha value is -13.7. The van der Waals surface area contributed by atoms with Crippen LogP contribution in [-0.2, 0) is 16.2 Å². The van der Waals surface area contributed by atoms with E-state index in [0.29, 0.717) is 0 Å². The first kappa shape index (κ1) is 64.5. The number of para-hydroxylation sites is 8. The molecule has 0 bridgehead atoms. The van der Waals surface area contributed by atoms with Gasteiger partial charge in [0, 0.05) is 93.5 Å². The van der Waals surface area contributed by atoms with Crippen molar-refractivity contribution in [1.29, 1.82) is 0 Å². The third-order valence-electron chi connectivity index (χ3n) is 24.8. The molecule has 0 amide bonds. The normalized spacial score (nSPS) is 13.9. The molecule has 0 radical (unpaired) electrons. The van der Waals surface area contributed by atoms with Gasteiger partial charge in [-0.1, -0.05) is 272 Å². The van der Waals surface area contributed by atoms with Gasteiger partial charge < -0.3 is 27.8 Å². The van der Waals surface area contributed by atoms with Gasteiger partial charge in [-0.25, -0.2) is 0 Å². The molecule has 4 heterocycles. The first-order valence-corrected chi connectivity index (χ1v) is 38.7. The molecule has 4 aromatic heterocycles. The summed E-state index contributed by atoms with van der Waals surface area (Å²) in [6.45, 7) is 14.2. The second-order valence-electron chi connectivity index (χ2n) is 31.9. The Labute approximate surface area is 644 Å². The molecule has 23 rings (SSSR count). The zero-order valence-electron chi connectivity index (χ0n) is 62.6.